The van der Waals surface area contributed by atoms with Crippen LogP contribution in [0.15, 0.2) is 12.4 Å². The molecule has 0 bridgehead atoms. The smallest absolute Gasteiger partial charge is 0.150 e. The molecule has 0 aliphatic rings. The van der Waals surface area contributed by atoms with Crippen molar-refractivity contribution < 1.29 is 13.5 Å². The highest BCUT2D eigenvalue weighted by Gasteiger charge is 2.12. The fourth-order valence-electron chi connectivity index (χ4n) is 1.24. The molecule has 0 amide bonds. The summed E-state index contributed by atoms with van der Waals surface area (Å²) in [6.07, 6.45) is 3.35. The van der Waals surface area contributed by atoms with Crippen LogP contribution >= 0.6 is 0 Å². The lowest BCUT2D eigenvalue weighted by molar-refractivity contribution is 0.158. The molecule has 0 saturated heterocycles. The largest absolute Gasteiger partial charge is 0.385 e. The molecule has 0 fully saturated rings. The Kier molecular flexibility index (Phi) is 4.28. The molecule has 15 heavy (non-hydrogen) atoms. The van der Waals surface area contributed by atoms with Gasteiger partial charge in [0.25, 0.3) is 0 Å². The van der Waals surface area contributed by atoms with Crippen LogP contribution in [0, 0.1) is 0 Å². The van der Waals surface area contributed by atoms with Crippen LogP contribution in [0.5, 0.6) is 0 Å². The number of sulfone groups is 1. The highest BCUT2D eigenvalue weighted by molar-refractivity contribution is 7.91. The van der Waals surface area contributed by atoms with Crippen LogP contribution in [0.1, 0.15) is 31.7 Å². The number of aliphatic hydroxyl groups is 1. The van der Waals surface area contributed by atoms with Gasteiger partial charge < -0.3 is 10.1 Å². The second-order valence-electron chi connectivity index (χ2n) is 3.37. The average molecular weight is 232 g/mol. The lowest BCUT2D eigenvalue weighted by Crippen LogP contribution is -2.10. The number of hydrogen-bond donors (Lipinski definition) is 2. The van der Waals surface area contributed by atoms with Crippen molar-refractivity contribution in [3.8, 4) is 0 Å². The van der Waals surface area contributed by atoms with Crippen molar-refractivity contribution in [3.63, 3.8) is 0 Å². The first-order valence-electron chi connectivity index (χ1n) is 4.93. The number of imidazole rings is 1. The quantitative estimate of drug-likeness (QED) is 0.754. The number of aromatic amines is 1. The number of H-pyrrole nitrogens is 1. The fourth-order valence-corrected chi connectivity index (χ4v) is 2.13. The summed E-state index contributed by atoms with van der Waals surface area (Å²) >= 11 is 0. The van der Waals surface area contributed by atoms with Gasteiger partial charge in [0, 0.05) is 18.1 Å². The second kappa shape index (κ2) is 5.27. The van der Waals surface area contributed by atoms with Gasteiger partial charge in [-0.05, 0) is 12.8 Å². The van der Waals surface area contributed by atoms with Crippen LogP contribution in [-0.4, -0.2) is 35.0 Å². The van der Waals surface area contributed by atoms with E-state index in [-0.39, 0.29) is 11.5 Å². The highest BCUT2D eigenvalue weighted by Crippen LogP contribution is 2.14. The number of aromatic nitrogens is 2. The van der Waals surface area contributed by atoms with Crippen LogP contribution < -0.4 is 0 Å². The Morgan fingerprint density at radius 3 is 2.87 bits per heavy atom. The average Bonchev–Trinajstić information content (AvgIpc) is 2.70. The Bertz CT molecular complexity index is 372. The summed E-state index contributed by atoms with van der Waals surface area (Å²) in [6, 6.07) is 0. The van der Waals surface area contributed by atoms with E-state index in [0.717, 1.165) is 0 Å². The molecule has 1 atom stereocenters. The van der Waals surface area contributed by atoms with Gasteiger partial charge in [-0.1, -0.05) is 6.92 Å². The molecule has 0 aliphatic heterocycles. The molecule has 1 heterocycles. The van der Waals surface area contributed by atoms with Crippen LogP contribution in [0.3, 0.4) is 0 Å². The first-order chi connectivity index (χ1) is 7.05. The molecule has 0 aromatic carbocycles. The van der Waals surface area contributed by atoms with Gasteiger partial charge in [0.05, 0.1) is 5.75 Å². The van der Waals surface area contributed by atoms with Crippen molar-refractivity contribution in [1.82, 2.24) is 9.97 Å². The molecular weight excluding hydrogens is 216 g/mol. The van der Waals surface area contributed by atoms with Gasteiger partial charge in [0.1, 0.15) is 21.8 Å². The molecule has 1 rings (SSSR count). The van der Waals surface area contributed by atoms with E-state index < -0.39 is 15.9 Å². The van der Waals surface area contributed by atoms with E-state index in [2.05, 4.69) is 9.97 Å². The standard InChI is InChI=1S/C9H16N2O3S/c1-2-15(13,14)7-3-4-8(12)9-10-5-6-11-9/h5-6,8,12H,2-4,7H2,1H3,(H,10,11). The van der Waals surface area contributed by atoms with E-state index in [4.69, 9.17) is 0 Å². The third kappa shape index (κ3) is 4.01. The van der Waals surface area contributed by atoms with Crippen molar-refractivity contribution in [2.24, 2.45) is 0 Å². The monoisotopic (exact) mass is 232 g/mol. The minimum Gasteiger partial charge on any atom is -0.385 e. The maximum Gasteiger partial charge on any atom is 0.150 e. The molecule has 0 aliphatic carbocycles. The van der Waals surface area contributed by atoms with Gasteiger partial charge >= 0.3 is 0 Å². The van der Waals surface area contributed by atoms with E-state index in [1.165, 1.54) is 0 Å². The summed E-state index contributed by atoms with van der Waals surface area (Å²) in [7, 11) is -2.93. The SMILES string of the molecule is CCS(=O)(=O)CCCC(O)c1ncc[nH]1. The van der Waals surface area contributed by atoms with Crippen LogP contribution in [0.25, 0.3) is 0 Å². The molecule has 5 nitrogen and oxygen atoms in total. The number of rotatable bonds is 6. The Hall–Kier alpha value is -0.880. The van der Waals surface area contributed by atoms with Crippen molar-refractivity contribution in [1.29, 1.82) is 0 Å². The van der Waals surface area contributed by atoms with Gasteiger partial charge in [-0.15, -0.1) is 0 Å². The van der Waals surface area contributed by atoms with Gasteiger partial charge in [-0.3, -0.25) is 0 Å². The molecular formula is C9H16N2O3S. The first kappa shape index (κ1) is 12.2. The summed E-state index contributed by atoms with van der Waals surface area (Å²) in [6.45, 7) is 1.62. The van der Waals surface area contributed by atoms with E-state index in [1.54, 1.807) is 19.3 Å². The predicted octanol–water partition coefficient (Wildman–Crippen LogP) is 0.658. The van der Waals surface area contributed by atoms with Gasteiger partial charge in [0.2, 0.25) is 0 Å². The Morgan fingerprint density at radius 2 is 2.33 bits per heavy atom. The van der Waals surface area contributed by atoms with E-state index >= 15 is 0 Å². The number of nitrogens with zero attached hydrogens (tertiary/aromatic N) is 1. The second-order valence-corrected chi connectivity index (χ2v) is 5.84. The molecule has 1 aromatic heterocycles. The highest BCUT2D eigenvalue weighted by atomic mass is 32.2. The lowest BCUT2D eigenvalue weighted by Gasteiger charge is -2.07. The van der Waals surface area contributed by atoms with Crippen LogP contribution in [0.2, 0.25) is 0 Å². The molecule has 6 heteroatoms. The number of aliphatic hydroxyl groups excluding tert-OH is 1. The Labute approximate surface area is 89.5 Å². The van der Waals surface area contributed by atoms with Crippen molar-refractivity contribution in [3.05, 3.63) is 18.2 Å². The van der Waals surface area contributed by atoms with Crippen LogP contribution in [-0.2, 0) is 9.84 Å². The third-order valence-corrected chi connectivity index (χ3v) is 4.00. The summed E-state index contributed by atoms with van der Waals surface area (Å²) in [5, 5.41) is 9.59. The van der Waals surface area contributed by atoms with E-state index in [0.29, 0.717) is 18.7 Å². The lowest BCUT2D eigenvalue weighted by atomic mass is 10.2. The molecule has 2 N–H and O–H groups in total. The number of hydrogen-bond acceptors (Lipinski definition) is 4. The van der Waals surface area contributed by atoms with Gasteiger partial charge in [-0.2, -0.15) is 0 Å². The minimum absolute atomic E-state index is 0.126. The fraction of sp³-hybridized carbons (Fsp3) is 0.667. The van der Waals surface area contributed by atoms with Crippen LogP contribution in [0.4, 0.5) is 0 Å². The van der Waals surface area contributed by atoms with Crippen molar-refractivity contribution in [2.45, 2.75) is 25.9 Å². The Morgan fingerprint density at radius 1 is 1.60 bits per heavy atom. The zero-order chi connectivity index (χ0) is 11.3. The molecule has 1 aromatic rings. The van der Waals surface area contributed by atoms with E-state index in [9.17, 15) is 13.5 Å². The zero-order valence-electron chi connectivity index (χ0n) is 8.68. The predicted molar refractivity (Wildman–Crippen MR) is 57.1 cm³/mol. The third-order valence-electron chi connectivity index (χ3n) is 2.21. The minimum atomic E-state index is -2.93. The summed E-state index contributed by atoms with van der Waals surface area (Å²) < 4.78 is 22.3. The van der Waals surface area contributed by atoms with Gasteiger partial charge in [0.15, 0.2) is 0 Å². The van der Waals surface area contributed by atoms with Gasteiger partial charge in [-0.25, -0.2) is 13.4 Å². The summed E-state index contributed by atoms with van der Waals surface area (Å²) in [5.74, 6) is 0.773. The number of nitrogens with one attached hydrogen (secondary N) is 1. The van der Waals surface area contributed by atoms with Crippen molar-refractivity contribution in [2.75, 3.05) is 11.5 Å². The maximum absolute atomic E-state index is 11.2. The molecule has 0 saturated carbocycles. The summed E-state index contributed by atoms with van der Waals surface area (Å²) in [5.41, 5.74) is 0. The maximum atomic E-state index is 11.2. The molecule has 0 radical (unpaired) electrons. The van der Waals surface area contributed by atoms with Crippen molar-refractivity contribution >= 4 is 9.84 Å². The first-order valence-corrected chi connectivity index (χ1v) is 6.75. The Balaban J connectivity index is 2.33. The molecule has 0 spiro atoms. The molecule has 1 unspecified atom stereocenters. The zero-order valence-corrected chi connectivity index (χ0v) is 9.50. The normalized spacial score (nSPS) is 14.0. The summed E-state index contributed by atoms with van der Waals surface area (Å²) in [4.78, 5) is 6.68. The topological polar surface area (TPSA) is 83.1 Å². The molecule has 86 valence electrons. The van der Waals surface area contributed by atoms with E-state index in [1.807, 2.05) is 0 Å².